The summed E-state index contributed by atoms with van der Waals surface area (Å²) in [4.78, 5) is 12.1. The van der Waals surface area contributed by atoms with Crippen molar-refractivity contribution in [1.29, 1.82) is 0 Å². The van der Waals surface area contributed by atoms with Crippen LogP contribution >= 0.6 is 31.9 Å². The topological polar surface area (TPSA) is 17.1 Å². The first-order valence-corrected chi connectivity index (χ1v) is 6.87. The van der Waals surface area contributed by atoms with Crippen LogP contribution in [0.25, 0.3) is 0 Å². The predicted molar refractivity (Wildman–Crippen MR) is 76.3 cm³/mol. The zero-order chi connectivity index (χ0) is 13.1. The number of Topliss-reactive ketones (excluding diaryl/α,β-unsaturated/α-hetero) is 1. The van der Waals surface area contributed by atoms with Gasteiger partial charge >= 0.3 is 0 Å². The van der Waals surface area contributed by atoms with Crippen molar-refractivity contribution >= 4 is 37.6 Å². The number of hydrogen-bond donors (Lipinski definition) is 0. The fraction of sp³-hybridized carbons (Fsp3) is 0.0714. The maximum atomic E-state index is 13.2. The highest BCUT2D eigenvalue weighted by molar-refractivity contribution is 9.10. The molecule has 2 aromatic rings. The molecule has 1 nitrogen and oxygen atoms in total. The fourth-order valence-corrected chi connectivity index (χ4v) is 2.52. The van der Waals surface area contributed by atoms with Crippen LogP contribution in [0, 0.1) is 5.82 Å². The van der Waals surface area contributed by atoms with Gasteiger partial charge in [-0.15, -0.1) is 0 Å². The summed E-state index contributed by atoms with van der Waals surface area (Å²) >= 11 is 6.57. The highest BCUT2D eigenvalue weighted by Gasteiger charge is 2.11. The molecule has 0 bridgehead atoms. The molecule has 0 N–H and O–H groups in total. The van der Waals surface area contributed by atoms with Crippen molar-refractivity contribution in [3.63, 3.8) is 0 Å². The Hall–Kier alpha value is -1.00. The quantitative estimate of drug-likeness (QED) is 0.710. The maximum Gasteiger partial charge on any atom is 0.167 e. The van der Waals surface area contributed by atoms with Crippen LogP contribution in [0.3, 0.4) is 0 Å². The maximum absolute atomic E-state index is 13.2. The Morgan fingerprint density at radius 1 is 1.11 bits per heavy atom. The number of carbonyl (C=O) groups excluding carboxylic acids is 1. The molecule has 0 saturated carbocycles. The molecule has 0 unspecified atom stereocenters. The summed E-state index contributed by atoms with van der Waals surface area (Å²) in [6, 6.07) is 11.7. The average molecular weight is 372 g/mol. The van der Waals surface area contributed by atoms with E-state index in [0.29, 0.717) is 10.0 Å². The molecular weight excluding hydrogens is 363 g/mol. The molecule has 2 rings (SSSR count). The van der Waals surface area contributed by atoms with E-state index in [0.717, 1.165) is 10.0 Å². The lowest BCUT2D eigenvalue weighted by Gasteiger charge is -2.04. The van der Waals surface area contributed by atoms with Gasteiger partial charge in [-0.25, -0.2) is 4.39 Å². The summed E-state index contributed by atoms with van der Waals surface area (Å²) in [7, 11) is 0. The minimum Gasteiger partial charge on any atom is -0.294 e. The highest BCUT2D eigenvalue weighted by Crippen LogP contribution is 2.20. The van der Waals surface area contributed by atoms with Crippen LogP contribution in [0.2, 0.25) is 0 Å². The minimum atomic E-state index is -0.417. The second-order valence-electron chi connectivity index (χ2n) is 3.85. The average Bonchev–Trinajstić information content (AvgIpc) is 2.31. The van der Waals surface area contributed by atoms with Crippen molar-refractivity contribution in [2.75, 3.05) is 0 Å². The molecule has 0 spiro atoms. The highest BCUT2D eigenvalue weighted by atomic mass is 79.9. The van der Waals surface area contributed by atoms with E-state index in [1.807, 2.05) is 24.3 Å². The van der Waals surface area contributed by atoms with Crippen LogP contribution < -0.4 is 0 Å². The third-order valence-corrected chi connectivity index (χ3v) is 3.72. The van der Waals surface area contributed by atoms with Crippen molar-refractivity contribution in [2.45, 2.75) is 6.42 Å². The number of carbonyl (C=O) groups is 1. The van der Waals surface area contributed by atoms with Crippen LogP contribution in [-0.4, -0.2) is 5.78 Å². The fourth-order valence-electron chi connectivity index (χ4n) is 1.63. The van der Waals surface area contributed by atoms with E-state index in [2.05, 4.69) is 31.9 Å². The Balaban J connectivity index is 2.25. The van der Waals surface area contributed by atoms with E-state index in [9.17, 15) is 9.18 Å². The van der Waals surface area contributed by atoms with E-state index in [-0.39, 0.29) is 12.2 Å². The molecule has 0 radical (unpaired) electrons. The predicted octanol–water partition coefficient (Wildman–Crippen LogP) is 4.78. The zero-order valence-corrected chi connectivity index (χ0v) is 12.5. The molecule has 2 aromatic carbocycles. The Morgan fingerprint density at radius 2 is 1.83 bits per heavy atom. The van der Waals surface area contributed by atoms with E-state index in [1.54, 1.807) is 6.07 Å². The third-order valence-electron chi connectivity index (χ3n) is 2.49. The summed E-state index contributed by atoms with van der Waals surface area (Å²) in [5.74, 6) is -0.526. The summed E-state index contributed by atoms with van der Waals surface area (Å²) in [5, 5.41) is 0. The van der Waals surface area contributed by atoms with Crippen LogP contribution in [0.15, 0.2) is 51.4 Å². The molecule has 4 heteroatoms. The SMILES string of the molecule is O=C(Cc1ccccc1Br)c1cc(F)cc(Br)c1. The van der Waals surface area contributed by atoms with Gasteiger partial charge in [0.2, 0.25) is 0 Å². The number of benzene rings is 2. The zero-order valence-electron chi connectivity index (χ0n) is 9.29. The van der Waals surface area contributed by atoms with E-state index >= 15 is 0 Å². The van der Waals surface area contributed by atoms with Crippen molar-refractivity contribution in [3.05, 3.63) is 68.4 Å². The molecule has 0 fully saturated rings. The summed E-state index contributed by atoms with van der Waals surface area (Å²) in [6.45, 7) is 0. The lowest BCUT2D eigenvalue weighted by Crippen LogP contribution is -2.04. The molecule has 0 aromatic heterocycles. The number of ketones is 1. The molecule has 0 saturated heterocycles. The molecule has 0 aliphatic rings. The van der Waals surface area contributed by atoms with Gasteiger partial charge in [0.05, 0.1) is 0 Å². The molecular formula is C14H9Br2FO. The third kappa shape index (κ3) is 3.27. The summed E-state index contributed by atoms with van der Waals surface area (Å²) < 4.78 is 14.7. The first-order chi connectivity index (χ1) is 8.56. The Morgan fingerprint density at radius 3 is 2.50 bits per heavy atom. The van der Waals surface area contributed by atoms with E-state index < -0.39 is 5.82 Å². The summed E-state index contributed by atoms with van der Waals surface area (Å²) in [5.41, 5.74) is 1.26. The van der Waals surface area contributed by atoms with Gasteiger partial charge in [-0.05, 0) is 29.8 Å². The number of hydrogen-bond acceptors (Lipinski definition) is 1. The van der Waals surface area contributed by atoms with Gasteiger partial charge in [-0.2, -0.15) is 0 Å². The van der Waals surface area contributed by atoms with Gasteiger partial charge in [0, 0.05) is 20.9 Å². The van der Waals surface area contributed by atoms with Crippen molar-refractivity contribution in [2.24, 2.45) is 0 Å². The van der Waals surface area contributed by atoms with Gasteiger partial charge in [-0.1, -0.05) is 50.1 Å². The second-order valence-corrected chi connectivity index (χ2v) is 5.62. The molecule has 0 aliphatic heterocycles. The minimum absolute atomic E-state index is 0.109. The monoisotopic (exact) mass is 370 g/mol. The van der Waals surface area contributed by atoms with Gasteiger partial charge in [0.15, 0.2) is 5.78 Å². The van der Waals surface area contributed by atoms with Crippen LogP contribution in [0.1, 0.15) is 15.9 Å². The normalized spacial score (nSPS) is 10.4. The molecule has 92 valence electrons. The molecule has 0 heterocycles. The lowest BCUT2D eigenvalue weighted by molar-refractivity contribution is 0.0992. The lowest BCUT2D eigenvalue weighted by atomic mass is 10.0. The molecule has 0 aliphatic carbocycles. The first kappa shape index (κ1) is 13.4. The van der Waals surface area contributed by atoms with Crippen molar-refractivity contribution in [3.8, 4) is 0 Å². The van der Waals surface area contributed by atoms with Gasteiger partial charge in [0.25, 0.3) is 0 Å². The van der Waals surface area contributed by atoms with Crippen LogP contribution in [0.4, 0.5) is 4.39 Å². The molecule has 0 atom stereocenters. The molecule has 18 heavy (non-hydrogen) atoms. The van der Waals surface area contributed by atoms with Crippen LogP contribution in [0.5, 0.6) is 0 Å². The van der Waals surface area contributed by atoms with Gasteiger partial charge in [0.1, 0.15) is 5.82 Å². The van der Waals surface area contributed by atoms with Crippen LogP contribution in [-0.2, 0) is 6.42 Å². The standard InChI is InChI=1S/C14H9Br2FO/c15-11-5-10(6-12(17)8-11)14(18)7-9-3-1-2-4-13(9)16/h1-6,8H,7H2. The van der Waals surface area contributed by atoms with Crippen molar-refractivity contribution in [1.82, 2.24) is 0 Å². The molecule has 0 amide bonds. The summed E-state index contributed by atoms with van der Waals surface area (Å²) in [6.07, 6.45) is 0.247. The van der Waals surface area contributed by atoms with E-state index in [4.69, 9.17) is 0 Å². The van der Waals surface area contributed by atoms with Gasteiger partial charge in [-0.3, -0.25) is 4.79 Å². The number of rotatable bonds is 3. The second kappa shape index (κ2) is 5.76. The van der Waals surface area contributed by atoms with E-state index in [1.165, 1.54) is 12.1 Å². The Labute approximate surface area is 121 Å². The Kier molecular flexibility index (Phi) is 4.30. The van der Waals surface area contributed by atoms with Gasteiger partial charge < -0.3 is 0 Å². The smallest absolute Gasteiger partial charge is 0.167 e. The Bertz CT molecular complexity index is 576. The first-order valence-electron chi connectivity index (χ1n) is 5.29. The largest absolute Gasteiger partial charge is 0.294 e. The number of halogens is 3. The van der Waals surface area contributed by atoms with Crippen molar-refractivity contribution < 1.29 is 9.18 Å².